The molecule has 0 aromatic rings. The molecular formula is C27H52BNO7. The Labute approximate surface area is 219 Å². The maximum Gasteiger partial charge on any atom is 0.303 e. The minimum atomic E-state index is -0.686. The summed E-state index contributed by atoms with van der Waals surface area (Å²) in [6.07, 6.45) is 15.0. The first kappa shape index (κ1) is 32.9. The van der Waals surface area contributed by atoms with E-state index in [1.54, 1.807) is 14.2 Å². The maximum absolute atomic E-state index is 12.2. The third kappa shape index (κ3) is 15.2. The fourth-order valence-corrected chi connectivity index (χ4v) is 4.85. The van der Waals surface area contributed by atoms with Gasteiger partial charge in [0.05, 0.1) is 12.6 Å². The number of carbonyl (C=O) groups is 2. The zero-order valence-electron chi connectivity index (χ0n) is 23.3. The number of hydrogen-bond acceptors (Lipinski definition) is 6. The molecule has 1 fully saturated rings. The van der Waals surface area contributed by atoms with Crippen molar-refractivity contribution in [3.05, 3.63) is 0 Å². The topological polar surface area (TPSA) is 103 Å². The van der Waals surface area contributed by atoms with Crippen LogP contribution in [0.5, 0.6) is 0 Å². The van der Waals surface area contributed by atoms with Gasteiger partial charge in [0, 0.05) is 39.7 Å². The lowest BCUT2D eigenvalue weighted by Gasteiger charge is -2.23. The van der Waals surface area contributed by atoms with Crippen LogP contribution in [0.2, 0.25) is 0 Å². The van der Waals surface area contributed by atoms with Crippen molar-refractivity contribution in [2.24, 2.45) is 0 Å². The van der Waals surface area contributed by atoms with E-state index < -0.39 is 5.97 Å². The van der Waals surface area contributed by atoms with Crippen molar-refractivity contribution in [3.8, 4) is 0 Å². The van der Waals surface area contributed by atoms with Crippen molar-refractivity contribution in [1.29, 1.82) is 0 Å². The Morgan fingerprint density at radius 1 is 0.889 bits per heavy atom. The van der Waals surface area contributed by atoms with E-state index in [9.17, 15) is 9.59 Å². The lowest BCUT2D eigenvalue weighted by Crippen LogP contribution is -2.39. The van der Waals surface area contributed by atoms with Crippen LogP contribution in [0, 0.1) is 0 Å². The third-order valence-electron chi connectivity index (χ3n) is 6.96. The summed E-state index contributed by atoms with van der Waals surface area (Å²) in [5, 5.41) is 11.7. The predicted molar refractivity (Wildman–Crippen MR) is 144 cm³/mol. The molecule has 0 aliphatic carbocycles. The van der Waals surface area contributed by atoms with Gasteiger partial charge in [-0.05, 0) is 26.2 Å². The highest BCUT2D eigenvalue weighted by molar-refractivity contribution is 6.11. The molecule has 1 aliphatic rings. The van der Waals surface area contributed by atoms with E-state index in [2.05, 4.69) is 5.32 Å². The van der Waals surface area contributed by atoms with Crippen molar-refractivity contribution >= 4 is 19.7 Å². The second-order valence-electron chi connectivity index (χ2n) is 10.3. The largest absolute Gasteiger partial charge is 0.481 e. The fraction of sp³-hybridized carbons (Fsp3) is 0.926. The van der Waals surface area contributed by atoms with Gasteiger partial charge in [-0.2, -0.15) is 0 Å². The van der Waals surface area contributed by atoms with Gasteiger partial charge < -0.3 is 29.4 Å². The molecule has 2 N–H and O–H groups in total. The molecule has 1 aliphatic heterocycles. The van der Waals surface area contributed by atoms with Gasteiger partial charge in [-0.15, -0.1) is 0 Å². The first-order valence-electron chi connectivity index (χ1n) is 14.2. The summed E-state index contributed by atoms with van der Waals surface area (Å²) >= 11 is 0. The van der Waals surface area contributed by atoms with Gasteiger partial charge in [-0.3, -0.25) is 9.59 Å². The Morgan fingerprint density at radius 2 is 1.42 bits per heavy atom. The Morgan fingerprint density at radius 3 is 1.92 bits per heavy atom. The molecule has 1 amide bonds. The summed E-state index contributed by atoms with van der Waals surface area (Å²) in [6, 6.07) is 0.0184. The molecular weight excluding hydrogens is 461 g/mol. The molecule has 5 atom stereocenters. The molecule has 210 valence electrons. The Bertz CT molecular complexity index is 580. The number of hydrogen-bond donors (Lipinski definition) is 2. The van der Waals surface area contributed by atoms with Gasteiger partial charge >= 0.3 is 5.97 Å². The lowest BCUT2D eigenvalue weighted by molar-refractivity contribution is -0.137. The van der Waals surface area contributed by atoms with Crippen LogP contribution >= 0.6 is 0 Å². The number of carbonyl (C=O) groups excluding carboxylic acids is 1. The van der Waals surface area contributed by atoms with Gasteiger partial charge in [-0.25, -0.2) is 0 Å². The molecule has 9 heteroatoms. The highest BCUT2D eigenvalue weighted by Gasteiger charge is 2.43. The van der Waals surface area contributed by atoms with E-state index in [4.69, 9.17) is 24.1 Å². The second-order valence-corrected chi connectivity index (χ2v) is 10.3. The van der Waals surface area contributed by atoms with E-state index in [0.29, 0.717) is 26.1 Å². The van der Waals surface area contributed by atoms with Crippen LogP contribution in [0.3, 0.4) is 0 Å². The smallest absolute Gasteiger partial charge is 0.303 e. The van der Waals surface area contributed by atoms with E-state index in [1.807, 2.05) is 14.8 Å². The predicted octanol–water partition coefficient (Wildman–Crippen LogP) is 3.83. The van der Waals surface area contributed by atoms with Gasteiger partial charge in [0.1, 0.15) is 26.2 Å². The molecule has 8 nitrogen and oxygen atoms in total. The first-order valence-corrected chi connectivity index (χ1v) is 14.2. The number of carboxylic acids is 1. The molecule has 0 bridgehead atoms. The Kier molecular flexibility index (Phi) is 19.0. The second kappa shape index (κ2) is 20.9. The summed E-state index contributed by atoms with van der Waals surface area (Å²) in [7, 11) is 5.32. The molecule has 0 spiro atoms. The van der Waals surface area contributed by atoms with Crippen molar-refractivity contribution in [2.75, 3.05) is 27.4 Å². The average molecular weight is 514 g/mol. The van der Waals surface area contributed by atoms with Gasteiger partial charge in [-0.1, -0.05) is 64.2 Å². The Hall–Kier alpha value is -1.16. The fourth-order valence-electron chi connectivity index (χ4n) is 4.85. The number of ether oxygens (including phenoxy) is 4. The van der Waals surface area contributed by atoms with Crippen molar-refractivity contribution in [2.45, 2.75) is 134 Å². The lowest BCUT2D eigenvalue weighted by atomic mass is 9.92. The van der Waals surface area contributed by atoms with Crippen LogP contribution in [0.25, 0.3) is 0 Å². The number of rotatable bonds is 23. The summed E-state index contributed by atoms with van der Waals surface area (Å²) in [5.74, 6) is -0.562. The Balaban J connectivity index is 1.96. The number of aliphatic carboxylic acids is 1. The highest BCUT2D eigenvalue weighted by atomic mass is 16.6. The molecule has 36 heavy (non-hydrogen) atoms. The van der Waals surface area contributed by atoms with E-state index >= 15 is 0 Å². The first-order chi connectivity index (χ1) is 17.4. The van der Waals surface area contributed by atoms with Crippen LogP contribution in [-0.4, -0.2) is 82.6 Å². The number of carboxylic acid groups (broad SMARTS) is 1. The van der Waals surface area contributed by atoms with Crippen LogP contribution in [0.15, 0.2) is 0 Å². The zero-order chi connectivity index (χ0) is 26.6. The quantitative estimate of drug-likeness (QED) is 0.158. The number of unbranched alkanes of at least 4 members (excludes halogenated alkanes) is 11. The normalized spacial score (nSPS) is 22.5. The minimum absolute atomic E-state index is 0.0538. The molecule has 0 aromatic carbocycles. The van der Waals surface area contributed by atoms with Gasteiger partial charge in [0.2, 0.25) is 5.91 Å². The number of nitrogens with one attached hydrogen (secondary N) is 1. The minimum Gasteiger partial charge on any atom is -0.481 e. The highest BCUT2D eigenvalue weighted by Crippen LogP contribution is 2.25. The van der Waals surface area contributed by atoms with E-state index in [0.717, 1.165) is 38.5 Å². The summed E-state index contributed by atoms with van der Waals surface area (Å²) < 4.78 is 22.8. The third-order valence-corrected chi connectivity index (χ3v) is 6.96. The summed E-state index contributed by atoms with van der Waals surface area (Å²) in [4.78, 5) is 22.7. The van der Waals surface area contributed by atoms with E-state index in [1.165, 1.54) is 44.9 Å². The molecule has 0 radical (unpaired) electrons. The van der Waals surface area contributed by atoms with Crippen LogP contribution in [0.1, 0.15) is 103 Å². The average Bonchev–Trinajstić information content (AvgIpc) is 3.13. The van der Waals surface area contributed by atoms with Crippen molar-refractivity contribution in [3.63, 3.8) is 0 Å². The summed E-state index contributed by atoms with van der Waals surface area (Å²) in [5.41, 5.74) is 0. The van der Waals surface area contributed by atoms with Gasteiger partial charge in [0.25, 0.3) is 0 Å². The van der Waals surface area contributed by atoms with Crippen LogP contribution in [-0.2, 0) is 28.5 Å². The van der Waals surface area contributed by atoms with Crippen molar-refractivity contribution in [1.82, 2.24) is 5.32 Å². The molecule has 1 heterocycles. The molecule has 1 rings (SSSR count). The molecule has 1 saturated heterocycles. The van der Waals surface area contributed by atoms with Crippen LogP contribution < -0.4 is 5.32 Å². The van der Waals surface area contributed by atoms with Crippen LogP contribution in [0.4, 0.5) is 0 Å². The van der Waals surface area contributed by atoms with E-state index in [-0.39, 0.29) is 36.3 Å². The zero-order valence-corrected chi connectivity index (χ0v) is 23.3. The SMILES string of the molecule is B[C@@H]1O[C@H](COC)C(OC)[C@@H]1OCCC(C)NC(=O)CCCCCCCCCCCCCCC(=O)O. The summed E-state index contributed by atoms with van der Waals surface area (Å²) in [6.45, 7) is 3.05. The van der Waals surface area contributed by atoms with Crippen molar-refractivity contribution < 1.29 is 33.6 Å². The van der Waals surface area contributed by atoms with Gasteiger partial charge in [0.15, 0.2) is 0 Å². The maximum atomic E-state index is 12.2. The standard InChI is InChI=1S/C27H52BNO7/c1-21(18-19-35-26-25(34-3)22(20-33-2)36-27(26)28)29-23(30)16-14-12-10-8-6-4-5-7-9-11-13-15-17-24(31)32/h21-22,25-27H,4-20,28H2,1-3H3,(H,29,30)(H,31,32)/t21?,22-,25?,26+,27-/m1/s1. The molecule has 2 unspecified atom stereocenters. The number of amides is 1. The monoisotopic (exact) mass is 513 g/mol. The molecule has 0 aromatic heterocycles. The number of methoxy groups -OCH3 is 2. The molecule has 0 saturated carbocycles.